The molecule has 0 bridgehead atoms. The lowest BCUT2D eigenvalue weighted by molar-refractivity contribution is 0.0778. The Bertz CT molecular complexity index is 1090. The fourth-order valence-corrected chi connectivity index (χ4v) is 3.09. The smallest absolute Gasteiger partial charge is 0.272 e. The van der Waals surface area contributed by atoms with Crippen molar-refractivity contribution >= 4 is 22.6 Å². The maximum absolute atomic E-state index is 12.8. The van der Waals surface area contributed by atoms with E-state index in [0.29, 0.717) is 48.0 Å². The van der Waals surface area contributed by atoms with Crippen molar-refractivity contribution in [1.82, 2.24) is 19.9 Å². The molecule has 3 aromatic rings. The number of nitriles is 1. The average Bonchev–Trinajstić information content (AvgIpc) is 3.19. The molecule has 0 fully saturated rings. The SMILES string of the molecule is CN(Cc1ccc(C#N)cn1)C(=O)c1cc2c3c(c(N)nc2cn1)COC3. The van der Waals surface area contributed by atoms with Crippen molar-refractivity contribution in [2.45, 2.75) is 19.8 Å². The van der Waals surface area contributed by atoms with E-state index in [-0.39, 0.29) is 5.91 Å². The van der Waals surface area contributed by atoms with Crippen LogP contribution in [0.15, 0.2) is 30.6 Å². The molecule has 0 unspecified atom stereocenters. The first-order valence-electron chi connectivity index (χ1n) is 8.32. The van der Waals surface area contributed by atoms with E-state index in [1.807, 2.05) is 6.07 Å². The fourth-order valence-electron chi connectivity index (χ4n) is 3.09. The second-order valence-corrected chi connectivity index (χ2v) is 6.34. The molecule has 3 aromatic heterocycles. The fraction of sp³-hybridized carbons (Fsp3) is 0.211. The van der Waals surface area contributed by atoms with Crippen LogP contribution in [0.5, 0.6) is 0 Å². The molecule has 0 saturated heterocycles. The maximum atomic E-state index is 12.8. The van der Waals surface area contributed by atoms with Crippen LogP contribution >= 0.6 is 0 Å². The molecule has 2 N–H and O–H groups in total. The summed E-state index contributed by atoms with van der Waals surface area (Å²) in [6, 6.07) is 7.16. The zero-order valence-corrected chi connectivity index (χ0v) is 14.6. The highest BCUT2D eigenvalue weighted by atomic mass is 16.5. The van der Waals surface area contributed by atoms with Crippen LogP contribution in [0, 0.1) is 11.3 Å². The van der Waals surface area contributed by atoms with Gasteiger partial charge in [0, 0.05) is 24.2 Å². The van der Waals surface area contributed by atoms with Crippen LogP contribution in [-0.4, -0.2) is 32.8 Å². The summed E-state index contributed by atoms with van der Waals surface area (Å²) in [5.41, 5.74) is 9.94. The van der Waals surface area contributed by atoms with Crippen LogP contribution in [0.25, 0.3) is 10.9 Å². The van der Waals surface area contributed by atoms with E-state index < -0.39 is 0 Å². The number of carbonyl (C=O) groups is 1. The molecule has 8 heteroatoms. The Morgan fingerprint density at radius 3 is 2.85 bits per heavy atom. The predicted molar refractivity (Wildman–Crippen MR) is 97.2 cm³/mol. The predicted octanol–water partition coefficient (Wildman–Crippen LogP) is 1.78. The topological polar surface area (TPSA) is 118 Å². The van der Waals surface area contributed by atoms with Gasteiger partial charge in [0.1, 0.15) is 17.6 Å². The molecule has 0 saturated carbocycles. The van der Waals surface area contributed by atoms with Crippen molar-refractivity contribution in [3.8, 4) is 6.07 Å². The Hall–Kier alpha value is -3.57. The van der Waals surface area contributed by atoms with Crippen molar-refractivity contribution in [3.05, 3.63) is 58.7 Å². The number of pyridine rings is 3. The minimum absolute atomic E-state index is 0.229. The van der Waals surface area contributed by atoms with E-state index in [0.717, 1.165) is 16.5 Å². The van der Waals surface area contributed by atoms with Crippen molar-refractivity contribution in [3.63, 3.8) is 0 Å². The van der Waals surface area contributed by atoms with Gasteiger partial charge >= 0.3 is 0 Å². The van der Waals surface area contributed by atoms with Crippen LogP contribution < -0.4 is 5.73 Å². The number of aromatic nitrogens is 3. The van der Waals surface area contributed by atoms with Crippen LogP contribution in [0.1, 0.15) is 32.9 Å². The molecule has 4 heterocycles. The summed E-state index contributed by atoms with van der Waals surface area (Å²) < 4.78 is 5.48. The Labute approximate surface area is 155 Å². The Morgan fingerprint density at radius 2 is 2.11 bits per heavy atom. The third-order valence-corrected chi connectivity index (χ3v) is 4.53. The summed E-state index contributed by atoms with van der Waals surface area (Å²) in [5.74, 6) is 0.215. The number of nitrogen functional groups attached to an aromatic ring is 1. The Kier molecular flexibility index (Phi) is 4.14. The van der Waals surface area contributed by atoms with Gasteiger partial charge in [-0.15, -0.1) is 0 Å². The summed E-state index contributed by atoms with van der Waals surface area (Å²) in [6.07, 6.45) is 3.05. The highest BCUT2D eigenvalue weighted by molar-refractivity contribution is 5.97. The molecule has 1 aliphatic heterocycles. The van der Waals surface area contributed by atoms with Crippen molar-refractivity contribution in [1.29, 1.82) is 5.26 Å². The van der Waals surface area contributed by atoms with Gasteiger partial charge in [0.2, 0.25) is 0 Å². The number of amides is 1. The molecule has 0 radical (unpaired) electrons. The number of ether oxygens (including phenoxy) is 1. The van der Waals surface area contributed by atoms with Gasteiger partial charge in [-0.25, -0.2) is 9.97 Å². The largest absolute Gasteiger partial charge is 0.383 e. The van der Waals surface area contributed by atoms with E-state index >= 15 is 0 Å². The third-order valence-electron chi connectivity index (χ3n) is 4.53. The maximum Gasteiger partial charge on any atom is 0.272 e. The number of nitrogens with zero attached hydrogens (tertiary/aromatic N) is 5. The summed E-state index contributed by atoms with van der Waals surface area (Å²) in [4.78, 5) is 27.1. The molecule has 27 heavy (non-hydrogen) atoms. The lowest BCUT2D eigenvalue weighted by Gasteiger charge is -2.17. The van der Waals surface area contributed by atoms with E-state index in [9.17, 15) is 4.79 Å². The number of fused-ring (bicyclic) bond motifs is 3. The molecule has 4 rings (SSSR count). The van der Waals surface area contributed by atoms with Gasteiger partial charge in [-0.3, -0.25) is 9.78 Å². The minimum atomic E-state index is -0.229. The number of hydrogen-bond acceptors (Lipinski definition) is 7. The lowest BCUT2D eigenvalue weighted by Crippen LogP contribution is -2.27. The molecule has 1 aliphatic rings. The van der Waals surface area contributed by atoms with Crippen LogP contribution in [-0.2, 0) is 24.5 Å². The van der Waals surface area contributed by atoms with Crippen molar-refractivity contribution < 1.29 is 9.53 Å². The number of rotatable bonds is 3. The van der Waals surface area contributed by atoms with Crippen LogP contribution in [0.2, 0.25) is 0 Å². The first-order chi connectivity index (χ1) is 13.1. The second kappa shape index (κ2) is 6.63. The van der Waals surface area contributed by atoms with Gasteiger partial charge in [0.05, 0.1) is 42.7 Å². The molecule has 0 aromatic carbocycles. The standard InChI is InChI=1S/C19H16N6O2/c1-25(8-12-3-2-11(5-20)6-22-12)19(26)16-4-13-14-9-27-10-15(14)18(21)24-17(13)7-23-16/h2-4,6-7H,8-10H2,1H3,(H2,21,24). The normalized spacial score (nSPS) is 12.6. The van der Waals surface area contributed by atoms with Gasteiger partial charge in [0.15, 0.2) is 0 Å². The number of nitrogens with two attached hydrogens (primary N) is 1. The van der Waals surface area contributed by atoms with Gasteiger partial charge in [-0.2, -0.15) is 5.26 Å². The highest BCUT2D eigenvalue weighted by Crippen LogP contribution is 2.31. The molecular formula is C19H16N6O2. The quantitative estimate of drug-likeness (QED) is 0.756. The summed E-state index contributed by atoms with van der Waals surface area (Å²) in [7, 11) is 1.68. The van der Waals surface area contributed by atoms with Gasteiger partial charge in [-0.1, -0.05) is 0 Å². The molecule has 134 valence electrons. The van der Waals surface area contributed by atoms with Gasteiger partial charge < -0.3 is 15.4 Å². The van der Waals surface area contributed by atoms with E-state index in [4.69, 9.17) is 15.7 Å². The van der Waals surface area contributed by atoms with Crippen molar-refractivity contribution in [2.24, 2.45) is 0 Å². The number of anilines is 1. The summed E-state index contributed by atoms with van der Waals surface area (Å²) >= 11 is 0. The second-order valence-electron chi connectivity index (χ2n) is 6.34. The van der Waals surface area contributed by atoms with E-state index in [2.05, 4.69) is 15.0 Å². The van der Waals surface area contributed by atoms with E-state index in [1.54, 1.807) is 31.4 Å². The first-order valence-corrected chi connectivity index (χ1v) is 8.32. The molecule has 1 amide bonds. The zero-order valence-electron chi connectivity index (χ0n) is 14.6. The van der Waals surface area contributed by atoms with E-state index in [1.165, 1.54) is 11.1 Å². The van der Waals surface area contributed by atoms with Crippen LogP contribution in [0.4, 0.5) is 5.82 Å². The van der Waals surface area contributed by atoms with Crippen molar-refractivity contribution in [2.75, 3.05) is 12.8 Å². The number of hydrogen-bond donors (Lipinski definition) is 1. The van der Waals surface area contributed by atoms with Crippen LogP contribution in [0.3, 0.4) is 0 Å². The third kappa shape index (κ3) is 3.05. The first kappa shape index (κ1) is 16.9. The Morgan fingerprint density at radius 1 is 1.30 bits per heavy atom. The Balaban J connectivity index is 1.62. The minimum Gasteiger partial charge on any atom is -0.383 e. The highest BCUT2D eigenvalue weighted by Gasteiger charge is 2.21. The monoisotopic (exact) mass is 360 g/mol. The number of carbonyl (C=O) groups excluding carboxylic acids is 1. The molecule has 8 nitrogen and oxygen atoms in total. The molecule has 0 spiro atoms. The lowest BCUT2D eigenvalue weighted by atomic mass is 10.1. The summed E-state index contributed by atoms with van der Waals surface area (Å²) in [6.45, 7) is 1.19. The van der Waals surface area contributed by atoms with Gasteiger partial charge in [0.25, 0.3) is 5.91 Å². The summed E-state index contributed by atoms with van der Waals surface area (Å²) in [5, 5.41) is 9.67. The molecule has 0 atom stereocenters. The molecule has 0 aliphatic carbocycles. The molecular weight excluding hydrogens is 344 g/mol. The van der Waals surface area contributed by atoms with Gasteiger partial charge in [-0.05, 0) is 23.8 Å². The average molecular weight is 360 g/mol. The zero-order chi connectivity index (χ0) is 19.0.